The van der Waals surface area contributed by atoms with Gasteiger partial charge in [-0.1, -0.05) is 18.2 Å². The number of alkyl halides is 5. The van der Waals surface area contributed by atoms with Crippen LogP contribution in [0.25, 0.3) is 16.4 Å². The first-order chi connectivity index (χ1) is 17.9. The van der Waals surface area contributed by atoms with E-state index in [1.807, 2.05) is 0 Å². The molecule has 4 rings (SSSR count). The number of aliphatic carboxylic acids is 1. The first kappa shape index (κ1) is 27.6. The Labute approximate surface area is 218 Å². The zero-order valence-corrected chi connectivity index (χ0v) is 20.7. The maximum absolute atomic E-state index is 13.7. The van der Waals surface area contributed by atoms with Crippen molar-refractivity contribution >= 4 is 23.2 Å². The number of carbonyl (C=O) groups excluding carboxylic acids is 1. The van der Waals surface area contributed by atoms with Crippen molar-refractivity contribution in [3.8, 4) is 16.4 Å². The van der Waals surface area contributed by atoms with Crippen molar-refractivity contribution in [3.05, 3.63) is 53.2 Å². The summed E-state index contributed by atoms with van der Waals surface area (Å²) in [6.45, 7) is 0.135. The number of carboxylic acids is 1. The molecule has 1 saturated heterocycles. The Morgan fingerprint density at radius 2 is 2.00 bits per heavy atom. The quantitative estimate of drug-likeness (QED) is 0.370. The molecule has 204 valence electrons. The number of nitrogens with zero attached hydrogens (tertiary/aromatic N) is 4. The van der Waals surface area contributed by atoms with Crippen LogP contribution < -0.4 is 5.32 Å². The van der Waals surface area contributed by atoms with Gasteiger partial charge in [0.15, 0.2) is 5.69 Å². The molecule has 1 aliphatic heterocycles. The summed E-state index contributed by atoms with van der Waals surface area (Å²) in [4.78, 5) is 30.1. The van der Waals surface area contributed by atoms with Crippen molar-refractivity contribution in [2.45, 2.75) is 43.8 Å². The van der Waals surface area contributed by atoms with Crippen LogP contribution in [0.3, 0.4) is 0 Å². The van der Waals surface area contributed by atoms with Crippen LogP contribution in [-0.2, 0) is 11.0 Å². The van der Waals surface area contributed by atoms with Gasteiger partial charge in [0.1, 0.15) is 0 Å². The number of amides is 1. The van der Waals surface area contributed by atoms with Crippen molar-refractivity contribution in [1.29, 1.82) is 0 Å². The fourth-order valence-corrected chi connectivity index (χ4v) is 4.98. The molecule has 0 spiro atoms. The first-order valence-corrected chi connectivity index (χ1v) is 12.6. The Morgan fingerprint density at radius 1 is 1.24 bits per heavy atom. The second kappa shape index (κ2) is 11.2. The number of rotatable bonds is 9. The van der Waals surface area contributed by atoms with Gasteiger partial charge in [0, 0.05) is 36.1 Å². The number of carbonyl (C=O) groups is 2. The molecule has 14 heteroatoms. The number of aromatic nitrogens is 3. The van der Waals surface area contributed by atoms with Crippen molar-refractivity contribution in [2.24, 2.45) is 0 Å². The minimum atomic E-state index is -4.67. The van der Waals surface area contributed by atoms with E-state index in [2.05, 4.69) is 15.4 Å². The lowest BCUT2D eigenvalue weighted by Crippen LogP contribution is -2.45. The van der Waals surface area contributed by atoms with Gasteiger partial charge in [-0.2, -0.15) is 18.3 Å². The van der Waals surface area contributed by atoms with Crippen LogP contribution in [0.15, 0.2) is 41.9 Å². The number of halogens is 5. The highest BCUT2D eigenvalue weighted by Gasteiger charge is 2.36. The van der Waals surface area contributed by atoms with Crippen LogP contribution in [0.5, 0.6) is 0 Å². The number of thiazole rings is 1. The Hall–Kier alpha value is -3.39. The fraction of sp³-hybridized carbons (Fsp3) is 0.417. The molecule has 1 fully saturated rings. The predicted molar refractivity (Wildman–Crippen MR) is 128 cm³/mol. The molecule has 2 aromatic heterocycles. The monoisotopic (exact) mass is 557 g/mol. The standard InChI is InChI=1S/C24H24F5N5O3S/c25-23(26)7-3-9-33(14-23)10-6-15(12-20(35)36)31-21(37)18-13-19(34(32-18)22-30-8-11-38-22)16-4-1-2-5-17(16)24(27,28)29/h1-2,4-5,8,11,13,15H,3,6-7,9-10,12,14H2,(H,31,37)(H,35,36)/t15-/m0/s1. The SMILES string of the molecule is O=C(O)C[C@H](CCN1CCCC(F)(F)C1)NC(=O)c1cc(-c2ccccc2C(F)(F)F)n(-c2nccs2)n1. The highest BCUT2D eigenvalue weighted by atomic mass is 32.1. The van der Waals surface area contributed by atoms with Crippen LogP contribution in [0.1, 0.15) is 41.7 Å². The van der Waals surface area contributed by atoms with E-state index in [1.165, 1.54) is 35.4 Å². The molecule has 0 bridgehead atoms. The normalized spacial score (nSPS) is 16.8. The Balaban J connectivity index is 1.59. The van der Waals surface area contributed by atoms with Gasteiger partial charge >= 0.3 is 12.1 Å². The summed E-state index contributed by atoms with van der Waals surface area (Å²) in [5.74, 6) is -4.83. The molecule has 0 aliphatic carbocycles. The molecule has 2 N–H and O–H groups in total. The highest BCUT2D eigenvalue weighted by molar-refractivity contribution is 7.12. The van der Waals surface area contributed by atoms with Gasteiger partial charge in [-0.15, -0.1) is 11.3 Å². The van der Waals surface area contributed by atoms with Gasteiger partial charge in [-0.05, 0) is 31.5 Å². The summed E-state index contributed by atoms with van der Waals surface area (Å²) in [7, 11) is 0. The Bertz CT molecular complexity index is 1280. The molecule has 0 radical (unpaired) electrons. The van der Waals surface area contributed by atoms with Crippen LogP contribution >= 0.6 is 11.3 Å². The topological polar surface area (TPSA) is 100 Å². The van der Waals surface area contributed by atoms with E-state index in [0.717, 1.165) is 22.1 Å². The van der Waals surface area contributed by atoms with Crippen LogP contribution in [0, 0.1) is 0 Å². The number of hydrogen-bond donors (Lipinski definition) is 2. The van der Waals surface area contributed by atoms with E-state index >= 15 is 0 Å². The molecule has 1 aromatic carbocycles. The van der Waals surface area contributed by atoms with Gasteiger partial charge in [0.2, 0.25) is 5.13 Å². The number of nitrogens with one attached hydrogen (secondary N) is 1. The maximum Gasteiger partial charge on any atom is 0.417 e. The fourth-order valence-electron chi connectivity index (χ4n) is 4.38. The minimum Gasteiger partial charge on any atom is -0.481 e. The average molecular weight is 558 g/mol. The average Bonchev–Trinajstić information content (AvgIpc) is 3.51. The third-order valence-electron chi connectivity index (χ3n) is 6.07. The summed E-state index contributed by atoms with van der Waals surface area (Å²) in [6, 6.07) is 5.13. The lowest BCUT2D eigenvalue weighted by molar-refractivity contribution is -0.138. The lowest BCUT2D eigenvalue weighted by atomic mass is 10.0. The van der Waals surface area contributed by atoms with Crippen molar-refractivity contribution < 1.29 is 36.6 Å². The van der Waals surface area contributed by atoms with Crippen LogP contribution in [0.2, 0.25) is 0 Å². The molecule has 38 heavy (non-hydrogen) atoms. The van der Waals surface area contributed by atoms with Gasteiger partial charge in [-0.3, -0.25) is 14.5 Å². The van der Waals surface area contributed by atoms with E-state index in [4.69, 9.17) is 0 Å². The molecule has 1 aliphatic rings. The number of piperidine rings is 1. The summed E-state index contributed by atoms with van der Waals surface area (Å²) in [6.07, 6.45) is -3.51. The predicted octanol–water partition coefficient (Wildman–Crippen LogP) is 4.71. The van der Waals surface area contributed by atoms with E-state index < -0.39 is 48.5 Å². The summed E-state index contributed by atoms with van der Waals surface area (Å²) >= 11 is 1.10. The minimum absolute atomic E-state index is 0.0247. The zero-order valence-electron chi connectivity index (χ0n) is 19.9. The second-order valence-corrected chi connectivity index (χ2v) is 9.85. The van der Waals surface area contributed by atoms with E-state index in [-0.39, 0.29) is 41.5 Å². The molecule has 1 amide bonds. The molecular weight excluding hydrogens is 533 g/mol. The molecule has 0 unspecified atom stereocenters. The smallest absolute Gasteiger partial charge is 0.417 e. The molecule has 3 aromatic rings. The molecule has 3 heterocycles. The Kier molecular flexibility index (Phi) is 8.11. The molecular formula is C24H24F5N5O3S. The molecule has 8 nitrogen and oxygen atoms in total. The van der Waals surface area contributed by atoms with Gasteiger partial charge in [0.25, 0.3) is 11.8 Å². The molecule has 0 saturated carbocycles. The zero-order chi connectivity index (χ0) is 27.5. The van der Waals surface area contributed by atoms with Crippen LogP contribution in [-0.4, -0.2) is 68.2 Å². The number of carboxylic acid groups (broad SMARTS) is 1. The van der Waals surface area contributed by atoms with E-state index in [9.17, 15) is 36.6 Å². The summed E-state index contributed by atoms with van der Waals surface area (Å²) in [5, 5.41) is 17.9. The van der Waals surface area contributed by atoms with Crippen molar-refractivity contribution in [2.75, 3.05) is 19.6 Å². The lowest BCUT2D eigenvalue weighted by Gasteiger charge is -2.33. The van der Waals surface area contributed by atoms with E-state index in [1.54, 1.807) is 5.38 Å². The largest absolute Gasteiger partial charge is 0.481 e. The highest BCUT2D eigenvalue weighted by Crippen LogP contribution is 2.38. The summed E-state index contributed by atoms with van der Waals surface area (Å²) < 4.78 is 69.8. The summed E-state index contributed by atoms with van der Waals surface area (Å²) in [5.41, 5.74) is -1.41. The van der Waals surface area contributed by atoms with Crippen molar-refractivity contribution in [1.82, 2.24) is 25.0 Å². The third-order valence-corrected chi connectivity index (χ3v) is 6.82. The first-order valence-electron chi connectivity index (χ1n) is 11.7. The van der Waals surface area contributed by atoms with E-state index in [0.29, 0.717) is 13.0 Å². The third kappa shape index (κ3) is 6.72. The Morgan fingerprint density at radius 3 is 2.66 bits per heavy atom. The number of likely N-dealkylation sites (tertiary alicyclic amines) is 1. The van der Waals surface area contributed by atoms with Gasteiger partial charge < -0.3 is 10.4 Å². The number of benzene rings is 1. The number of hydrogen-bond acceptors (Lipinski definition) is 6. The van der Waals surface area contributed by atoms with Gasteiger partial charge in [-0.25, -0.2) is 18.4 Å². The van der Waals surface area contributed by atoms with Gasteiger partial charge in [0.05, 0.1) is 24.2 Å². The van der Waals surface area contributed by atoms with Crippen molar-refractivity contribution in [3.63, 3.8) is 0 Å². The second-order valence-electron chi connectivity index (χ2n) is 8.98. The maximum atomic E-state index is 13.7. The molecule has 1 atom stereocenters. The van der Waals surface area contributed by atoms with Crippen LogP contribution in [0.4, 0.5) is 22.0 Å².